The molecule has 4 heterocycles. The summed E-state index contributed by atoms with van der Waals surface area (Å²) in [5, 5.41) is 10.9. The van der Waals surface area contributed by atoms with Crippen molar-refractivity contribution in [2.45, 2.75) is 75.5 Å². The van der Waals surface area contributed by atoms with Crippen LogP contribution in [0.2, 0.25) is 0 Å². The number of anilines is 2. The molecule has 0 radical (unpaired) electrons. The first-order valence-electron chi connectivity index (χ1n) is 18.6. The molecule has 6 aromatic rings. The van der Waals surface area contributed by atoms with Gasteiger partial charge in [-0.25, -0.2) is 19.9 Å². The number of fused-ring (bicyclic) bond motifs is 6. The quantitative estimate of drug-likeness (QED) is 0.146. The summed E-state index contributed by atoms with van der Waals surface area (Å²) >= 11 is 8.93. The smallest absolute Gasteiger partial charge is 0.253 e. The molecule has 0 atom stereocenters. The van der Waals surface area contributed by atoms with E-state index in [4.69, 9.17) is 11.6 Å². The molecule has 2 N–H and O–H groups in total. The summed E-state index contributed by atoms with van der Waals surface area (Å²) in [4.78, 5) is 50.1. The molecule has 4 aromatic heterocycles. The van der Waals surface area contributed by atoms with Crippen molar-refractivity contribution in [2.24, 2.45) is 0 Å². The zero-order chi connectivity index (χ0) is 38.1. The van der Waals surface area contributed by atoms with Crippen LogP contribution in [0.5, 0.6) is 0 Å². The average Bonchev–Trinajstić information content (AvgIpc) is 3.74. The lowest BCUT2D eigenvalue weighted by Crippen LogP contribution is -2.36. The molecular formula is C40H48ClN9O2S2. The van der Waals surface area contributed by atoms with Gasteiger partial charge in [0.2, 0.25) is 0 Å². The van der Waals surface area contributed by atoms with E-state index in [0.29, 0.717) is 35.3 Å². The van der Waals surface area contributed by atoms with E-state index in [1.165, 1.54) is 25.7 Å². The Bertz CT molecular complexity index is 2290. The second kappa shape index (κ2) is 16.4. The van der Waals surface area contributed by atoms with Crippen LogP contribution in [-0.2, 0) is 0 Å². The minimum atomic E-state index is -0.445. The van der Waals surface area contributed by atoms with Gasteiger partial charge >= 0.3 is 0 Å². The first kappa shape index (κ1) is 38.3. The third-order valence-corrected chi connectivity index (χ3v) is 13.3. The Hall–Kier alpha value is -4.01. The fourth-order valence-electron chi connectivity index (χ4n) is 7.81. The van der Waals surface area contributed by atoms with Crippen molar-refractivity contribution < 1.29 is 9.59 Å². The molecule has 11 nitrogen and oxygen atoms in total. The maximum Gasteiger partial charge on any atom is 0.253 e. The molecule has 2 aliphatic rings. The van der Waals surface area contributed by atoms with E-state index in [-0.39, 0.29) is 5.91 Å². The van der Waals surface area contributed by atoms with Crippen molar-refractivity contribution in [2.75, 3.05) is 52.9 Å². The number of rotatable bonds is 8. The SMILES string of the molecule is CN(C)C(=O)c1ccc2sc3ncnc(NC4CCC(N(C)C)CC4)c3c2c1.CN(C)C1CCC(Nc2ncnc3sc4ccc(C(=O)Cl)cc4c23)CC1. The third kappa shape index (κ3) is 8.16. The van der Waals surface area contributed by atoms with E-state index in [0.717, 1.165) is 77.9 Å². The lowest BCUT2D eigenvalue weighted by atomic mass is 9.90. The molecule has 0 saturated heterocycles. The van der Waals surface area contributed by atoms with Gasteiger partial charge < -0.3 is 25.3 Å². The van der Waals surface area contributed by atoms with Gasteiger partial charge in [0.05, 0.1) is 10.8 Å². The molecular weight excluding hydrogens is 738 g/mol. The molecule has 2 saturated carbocycles. The summed E-state index contributed by atoms with van der Waals surface area (Å²) in [6, 6.07) is 13.6. The van der Waals surface area contributed by atoms with E-state index in [9.17, 15) is 9.59 Å². The maximum atomic E-state index is 12.4. The average molecular weight is 786 g/mol. The first-order valence-corrected chi connectivity index (χ1v) is 20.6. The molecule has 54 heavy (non-hydrogen) atoms. The van der Waals surface area contributed by atoms with Gasteiger partial charge in [-0.1, -0.05) is 0 Å². The van der Waals surface area contributed by atoms with Crippen LogP contribution in [0.3, 0.4) is 0 Å². The van der Waals surface area contributed by atoms with Gasteiger partial charge in [0.25, 0.3) is 11.1 Å². The van der Waals surface area contributed by atoms with Crippen LogP contribution >= 0.6 is 34.3 Å². The Morgan fingerprint density at radius 3 is 1.46 bits per heavy atom. The van der Waals surface area contributed by atoms with Crippen molar-refractivity contribution in [1.82, 2.24) is 34.6 Å². The Labute approximate surface area is 329 Å². The standard InChI is InChI=1S/C21H27N5OS.C19H21ClN4OS/c1-25(2)15-8-6-14(7-9-15)24-19-18-16-11-13(21(27)26(3)4)5-10-17(16)28-20(18)23-12-22-19;1-24(2)13-6-4-12(5-7-13)23-18-16-14-9-11(17(20)25)3-8-15(14)26-19(16)22-10-21-18/h5,10-12,14-15H,6-9H2,1-4H3,(H,22,23,24);3,8-10,12-13H,4-7H2,1-2H3,(H,21,22,23). The largest absolute Gasteiger partial charge is 0.367 e. The van der Waals surface area contributed by atoms with Crippen molar-refractivity contribution in [3.8, 4) is 0 Å². The summed E-state index contributed by atoms with van der Waals surface area (Å²) in [6.45, 7) is 0. The highest BCUT2D eigenvalue weighted by atomic mass is 35.5. The number of benzene rings is 2. The highest BCUT2D eigenvalue weighted by molar-refractivity contribution is 7.26. The Morgan fingerprint density at radius 2 is 1.06 bits per heavy atom. The summed E-state index contributed by atoms with van der Waals surface area (Å²) in [7, 11) is 12.2. The molecule has 0 unspecified atom stereocenters. The fraction of sp³-hybridized carbons (Fsp3) is 0.450. The lowest BCUT2D eigenvalue weighted by Gasteiger charge is -2.33. The minimum absolute atomic E-state index is 0.00890. The molecule has 2 fully saturated rings. The van der Waals surface area contributed by atoms with Crippen LogP contribution in [0.4, 0.5) is 11.6 Å². The summed E-state index contributed by atoms with van der Waals surface area (Å²) in [6.07, 6.45) is 12.6. The lowest BCUT2D eigenvalue weighted by molar-refractivity contribution is 0.0827. The third-order valence-electron chi connectivity index (χ3n) is 11.0. The summed E-state index contributed by atoms with van der Waals surface area (Å²) < 4.78 is 2.21. The van der Waals surface area contributed by atoms with Gasteiger partial charge in [-0.05, 0) is 128 Å². The van der Waals surface area contributed by atoms with Crippen molar-refractivity contribution >= 4 is 97.7 Å². The molecule has 0 bridgehead atoms. The molecule has 14 heteroatoms. The number of carbonyl (C=O) groups is 2. The monoisotopic (exact) mass is 785 g/mol. The highest BCUT2D eigenvalue weighted by Gasteiger charge is 2.25. The topological polar surface area (TPSA) is 119 Å². The summed E-state index contributed by atoms with van der Waals surface area (Å²) in [5.74, 6) is 1.75. The second-order valence-corrected chi connectivity index (χ2v) is 17.5. The number of amides is 1. The van der Waals surface area contributed by atoms with Gasteiger partial charge in [0, 0.05) is 69.6 Å². The predicted molar refractivity (Wildman–Crippen MR) is 225 cm³/mol. The maximum absolute atomic E-state index is 12.4. The van der Waals surface area contributed by atoms with Gasteiger partial charge in [0.1, 0.15) is 34.0 Å². The number of carbonyl (C=O) groups excluding carboxylic acids is 2. The van der Waals surface area contributed by atoms with Crippen molar-refractivity contribution in [3.63, 3.8) is 0 Å². The van der Waals surface area contributed by atoms with Crippen LogP contribution < -0.4 is 10.6 Å². The Morgan fingerprint density at radius 1 is 0.630 bits per heavy atom. The van der Waals surface area contributed by atoms with E-state index >= 15 is 0 Å². The molecule has 0 aliphatic heterocycles. The first-order chi connectivity index (χ1) is 26.0. The van der Waals surface area contributed by atoms with Gasteiger partial charge in [-0.3, -0.25) is 9.59 Å². The fourth-order valence-corrected chi connectivity index (χ4v) is 9.97. The van der Waals surface area contributed by atoms with E-state index in [1.54, 1.807) is 60.4 Å². The van der Waals surface area contributed by atoms with Crippen LogP contribution in [0, 0.1) is 0 Å². The number of thiophene rings is 2. The number of hydrogen-bond donors (Lipinski definition) is 2. The molecule has 2 aliphatic carbocycles. The zero-order valence-electron chi connectivity index (χ0n) is 31.7. The van der Waals surface area contributed by atoms with Crippen LogP contribution in [-0.4, -0.2) is 112 Å². The molecule has 284 valence electrons. The second-order valence-electron chi connectivity index (χ2n) is 15.1. The van der Waals surface area contributed by atoms with Crippen LogP contribution in [0.1, 0.15) is 72.1 Å². The Kier molecular flexibility index (Phi) is 11.6. The van der Waals surface area contributed by atoms with Crippen molar-refractivity contribution in [3.05, 3.63) is 60.2 Å². The number of nitrogens with one attached hydrogen (secondary N) is 2. The Balaban J connectivity index is 0.000000167. The predicted octanol–water partition coefficient (Wildman–Crippen LogP) is 8.34. The molecule has 2 aromatic carbocycles. The number of nitrogens with zero attached hydrogens (tertiary/aromatic N) is 7. The number of aromatic nitrogens is 4. The van der Waals surface area contributed by atoms with Crippen molar-refractivity contribution in [1.29, 1.82) is 0 Å². The normalized spacial score (nSPS) is 20.4. The highest BCUT2D eigenvalue weighted by Crippen LogP contribution is 2.39. The van der Waals surface area contributed by atoms with Gasteiger partial charge in [0.15, 0.2) is 0 Å². The number of halogens is 1. The minimum Gasteiger partial charge on any atom is -0.367 e. The van der Waals surface area contributed by atoms with Gasteiger partial charge in [-0.2, -0.15) is 0 Å². The van der Waals surface area contributed by atoms with E-state index in [1.807, 2.05) is 30.3 Å². The van der Waals surface area contributed by atoms with Crippen LogP contribution in [0.15, 0.2) is 49.1 Å². The molecule has 0 spiro atoms. The van der Waals surface area contributed by atoms with E-state index in [2.05, 4.69) is 68.6 Å². The molecule has 1 amide bonds. The van der Waals surface area contributed by atoms with Gasteiger partial charge in [-0.15, -0.1) is 22.7 Å². The summed E-state index contributed by atoms with van der Waals surface area (Å²) in [5.41, 5.74) is 1.19. The van der Waals surface area contributed by atoms with E-state index < -0.39 is 5.24 Å². The molecule has 8 rings (SSSR count). The van der Waals surface area contributed by atoms with Crippen LogP contribution in [0.25, 0.3) is 40.6 Å². The number of hydrogen-bond acceptors (Lipinski definition) is 12. The zero-order valence-corrected chi connectivity index (χ0v) is 34.1.